The van der Waals surface area contributed by atoms with Crippen molar-refractivity contribution in [3.05, 3.63) is 40.3 Å². The molecular formula is C12H13BrN6. The molecule has 3 aromatic rings. The van der Waals surface area contributed by atoms with E-state index in [4.69, 9.17) is 0 Å². The summed E-state index contributed by atoms with van der Waals surface area (Å²) in [7, 11) is 0. The number of rotatable bonds is 3. The molecule has 0 spiro atoms. The van der Waals surface area contributed by atoms with Gasteiger partial charge < -0.3 is 5.32 Å². The fraction of sp³-hybridized carbons (Fsp3) is 0.250. The van der Waals surface area contributed by atoms with Gasteiger partial charge in [0.15, 0.2) is 5.65 Å². The largest absolute Gasteiger partial charge is 0.376 e. The van der Waals surface area contributed by atoms with E-state index in [1.807, 2.05) is 30.6 Å². The summed E-state index contributed by atoms with van der Waals surface area (Å²) in [5.74, 6) is 0. The third kappa shape index (κ3) is 2.21. The van der Waals surface area contributed by atoms with Crippen LogP contribution in [0.3, 0.4) is 0 Å². The molecule has 3 aromatic heterocycles. The van der Waals surface area contributed by atoms with Crippen LogP contribution >= 0.6 is 15.9 Å². The highest BCUT2D eigenvalue weighted by Gasteiger charge is 2.08. The fourth-order valence-electron chi connectivity index (χ4n) is 2.04. The monoisotopic (exact) mass is 320 g/mol. The molecule has 3 heterocycles. The normalized spacial score (nSPS) is 11.1. The zero-order chi connectivity index (χ0) is 13.4. The molecule has 0 saturated carbocycles. The van der Waals surface area contributed by atoms with Crippen molar-refractivity contribution < 1.29 is 0 Å². The lowest BCUT2D eigenvalue weighted by Gasteiger charge is -2.06. The number of nitrogens with one attached hydrogen (secondary N) is 2. The van der Waals surface area contributed by atoms with Gasteiger partial charge in [0, 0.05) is 6.20 Å². The second kappa shape index (κ2) is 4.65. The standard InChI is InChI=1S/C12H13BrN6/c1-7-12(8(2)18-17-7)16-4-9-3-15-11-5-14-10(13)6-19(9)11/h3,5-6,16H,4H2,1-2H3,(H,17,18). The van der Waals surface area contributed by atoms with Crippen LogP contribution in [0.1, 0.15) is 17.1 Å². The summed E-state index contributed by atoms with van der Waals surface area (Å²) >= 11 is 3.37. The Morgan fingerprint density at radius 3 is 2.89 bits per heavy atom. The van der Waals surface area contributed by atoms with Gasteiger partial charge in [-0.2, -0.15) is 5.10 Å². The summed E-state index contributed by atoms with van der Waals surface area (Å²) in [4.78, 5) is 8.48. The summed E-state index contributed by atoms with van der Waals surface area (Å²) in [5.41, 5.74) is 4.95. The third-order valence-corrected chi connectivity index (χ3v) is 3.42. The minimum atomic E-state index is 0.679. The van der Waals surface area contributed by atoms with E-state index in [0.29, 0.717) is 6.54 Å². The van der Waals surface area contributed by atoms with E-state index in [9.17, 15) is 0 Å². The van der Waals surface area contributed by atoms with E-state index in [-0.39, 0.29) is 0 Å². The van der Waals surface area contributed by atoms with Crippen molar-refractivity contribution in [1.29, 1.82) is 0 Å². The van der Waals surface area contributed by atoms with E-state index in [1.54, 1.807) is 6.20 Å². The number of aromatic nitrogens is 5. The van der Waals surface area contributed by atoms with Crippen LogP contribution < -0.4 is 5.32 Å². The molecule has 0 aliphatic rings. The average Bonchev–Trinajstić information content (AvgIpc) is 2.92. The lowest BCUT2D eigenvalue weighted by molar-refractivity contribution is 0.980. The smallest absolute Gasteiger partial charge is 0.155 e. The maximum atomic E-state index is 4.32. The van der Waals surface area contributed by atoms with E-state index in [2.05, 4.69) is 41.4 Å². The van der Waals surface area contributed by atoms with Gasteiger partial charge in [-0.15, -0.1) is 0 Å². The van der Waals surface area contributed by atoms with Crippen molar-refractivity contribution in [2.24, 2.45) is 0 Å². The maximum Gasteiger partial charge on any atom is 0.155 e. The second-order valence-corrected chi connectivity index (χ2v) is 5.16. The molecule has 6 nitrogen and oxygen atoms in total. The fourth-order valence-corrected chi connectivity index (χ4v) is 2.34. The molecule has 98 valence electrons. The Hall–Kier alpha value is -1.89. The first kappa shape index (κ1) is 12.2. The van der Waals surface area contributed by atoms with E-state index in [0.717, 1.165) is 33.0 Å². The first-order chi connectivity index (χ1) is 9.15. The molecule has 2 N–H and O–H groups in total. The van der Waals surface area contributed by atoms with E-state index in [1.165, 1.54) is 0 Å². The number of anilines is 1. The summed E-state index contributed by atoms with van der Waals surface area (Å²) < 4.78 is 2.80. The number of nitrogens with zero attached hydrogens (tertiary/aromatic N) is 4. The van der Waals surface area contributed by atoms with Gasteiger partial charge in [0.25, 0.3) is 0 Å². The zero-order valence-electron chi connectivity index (χ0n) is 10.6. The molecule has 0 bridgehead atoms. The summed E-state index contributed by atoms with van der Waals surface area (Å²) in [6, 6.07) is 0. The van der Waals surface area contributed by atoms with Gasteiger partial charge in [0.05, 0.1) is 41.7 Å². The highest BCUT2D eigenvalue weighted by molar-refractivity contribution is 9.10. The molecule has 0 saturated heterocycles. The molecule has 0 fully saturated rings. The molecule has 3 rings (SSSR count). The van der Waals surface area contributed by atoms with Crippen LogP contribution in [0.15, 0.2) is 23.2 Å². The van der Waals surface area contributed by atoms with Crippen molar-refractivity contribution in [2.45, 2.75) is 20.4 Å². The SMILES string of the molecule is Cc1n[nH]c(C)c1NCc1cnc2cnc(Br)cn12. The first-order valence-electron chi connectivity index (χ1n) is 5.88. The van der Waals surface area contributed by atoms with Crippen LogP contribution in [-0.2, 0) is 6.54 Å². The van der Waals surface area contributed by atoms with Crippen molar-refractivity contribution in [3.63, 3.8) is 0 Å². The van der Waals surface area contributed by atoms with Gasteiger partial charge in [0.1, 0.15) is 4.60 Å². The molecule has 0 aromatic carbocycles. The van der Waals surface area contributed by atoms with Crippen LogP contribution in [0.25, 0.3) is 5.65 Å². The molecule has 0 amide bonds. The molecule has 19 heavy (non-hydrogen) atoms. The Balaban J connectivity index is 1.88. The summed E-state index contributed by atoms with van der Waals surface area (Å²) in [6.07, 6.45) is 5.50. The highest BCUT2D eigenvalue weighted by atomic mass is 79.9. The minimum Gasteiger partial charge on any atom is -0.376 e. The predicted octanol–water partition coefficient (Wildman–Crippen LogP) is 2.44. The Labute approximate surface area is 118 Å². The van der Waals surface area contributed by atoms with Crippen LogP contribution in [0, 0.1) is 13.8 Å². The Bertz CT molecular complexity index is 709. The number of aromatic amines is 1. The van der Waals surface area contributed by atoms with Gasteiger partial charge in [-0.3, -0.25) is 9.50 Å². The lowest BCUT2D eigenvalue weighted by atomic mass is 10.3. The molecule has 0 unspecified atom stereocenters. The number of hydrogen-bond acceptors (Lipinski definition) is 4. The Kier molecular flexibility index (Phi) is 2.98. The molecule has 0 radical (unpaired) electrons. The molecule has 0 aliphatic heterocycles. The number of hydrogen-bond donors (Lipinski definition) is 2. The van der Waals surface area contributed by atoms with Crippen molar-refractivity contribution >= 4 is 27.3 Å². The molecule has 0 atom stereocenters. The van der Waals surface area contributed by atoms with Gasteiger partial charge >= 0.3 is 0 Å². The Morgan fingerprint density at radius 1 is 1.32 bits per heavy atom. The summed E-state index contributed by atoms with van der Waals surface area (Å²) in [5, 5.41) is 10.5. The van der Waals surface area contributed by atoms with E-state index >= 15 is 0 Å². The molecular weight excluding hydrogens is 308 g/mol. The van der Waals surface area contributed by atoms with Crippen LogP contribution in [-0.4, -0.2) is 24.6 Å². The quantitative estimate of drug-likeness (QED) is 0.777. The minimum absolute atomic E-state index is 0.679. The maximum absolute atomic E-state index is 4.32. The number of halogens is 1. The van der Waals surface area contributed by atoms with Crippen molar-refractivity contribution in [2.75, 3.05) is 5.32 Å². The lowest BCUT2D eigenvalue weighted by Crippen LogP contribution is -2.04. The van der Waals surface area contributed by atoms with Gasteiger partial charge in [-0.25, -0.2) is 9.97 Å². The number of imidazole rings is 1. The first-order valence-corrected chi connectivity index (χ1v) is 6.67. The predicted molar refractivity (Wildman–Crippen MR) is 76.1 cm³/mol. The van der Waals surface area contributed by atoms with Gasteiger partial charge in [-0.1, -0.05) is 0 Å². The number of fused-ring (bicyclic) bond motifs is 1. The van der Waals surface area contributed by atoms with Crippen LogP contribution in [0.4, 0.5) is 5.69 Å². The van der Waals surface area contributed by atoms with Gasteiger partial charge in [-0.05, 0) is 29.8 Å². The van der Waals surface area contributed by atoms with Crippen LogP contribution in [0.2, 0.25) is 0 Å². The Morgan fingerprint density at radius 2 is 2.16 bits per heavy atom. The van der Waals surface area contributed by atoms with E-state index < -0.39 is 0 Å². The van der Waals surface area contributed by atoms with Crippen molar-refractivity contribution in [1.82, 2.24) is 24.6 Å². The highest BCUT2D eigenvalue weighted by Crippen LogP contribution is 2.18. The topological polar surface area (TPSA) is 70.9 Å². The summed E-state index contributed by atoms with van der Waals surface area (Å²) in [6.45, 7) is 4.65. The second-order valence-electron chi connectivity index (χ2n) is 4.35. The molecule has 7 heteroatoms. The molecule has 0 aliphatic carbocycles. The zero-order valence-corrected chi connectivity index (χ0v) is 12.2. The van der Waals surface area contributed by atoms with Crippen LogP contribution in [0.5, 0.6) is 0 Å². The number of aryl methyl sites for hydroxylation is 2. The van der Waals surface area contributed by atoms with Crippen molar-refractivity contribution in [3.8, 4) is 0 Å². The third-order valence-electron chi connectivity index (χ3n) is 3.02. The number of H-pyrrole nitrogens is 1. The van der Waals surface area contributed by atoms with Gasteiger partial charge in [0.2, 0.25) is 0 Å². The average molecular weight is 321 g/mol.